The molecule has 60 heavy (non-hydrogen) atoms. The average Bonchev–Trinajstić information content (AvgIpc) is 3.52. The van der Waals surface area contributed by atoms with Gasteiger partial charge in [0.15, 0.2) is 5.65 Å². The van der Waals surface area contributed by atoms with Crippen LogP contribution in [0.1, 0.15) is 46.2 Å². The monoisotopic (exact) mass is 881 g/mol. The first-order valence-electron chi connectivity index (χ1n) is 17.1. The van der Waals surface area contributed by atoms with Gasteiger partial charge >= 0.3 is 0 Å². The van der Waals surface area contributed by atoms with Crippen LogP contribution in [0.3, 0.4) is 0 Å². The van der Waals surface area contributed by atoms with E-state index in [1.54, 1.807) is 26.0 Å². The van der Waals surface area contributed by atoms with Crippen molar-refractivity contribution in [2.45, 2.75) is 37.0 Å². The van der Waals surface area contributed by atoms with Crippen molar-refractivity contribution in [2.75, 3.05) is 12.4 Å². The molecule has 314 valence electrons. The van der Waals surface area contributed by atoms with Gasteiger partial charge in [0.2, 0.25) is 5.88 Å². The first-order chi connectivity index (χ1) is 28.1. The van der Waals surface area contributed by atoms with Gasteiger partial charge < -0.3 is 15.6 Å². The molecule has 24 heteroatoms. The molecule has 2 heterocycles. The maximum absolute atomic E-state index is 12.7. The molecule has 0 aliphatic heterocycles. The second-order valence-electron chi connectivity index (χ2n) is 12.6. The minimum absolute atomic E-state index is 0.0184. The maximum atomic E-state index is 12.7. The van der Waals surface area contributed by atoms with Gasteiger partial charge in [0.1, 0.15) is 27.7 Å². The number of carbonyl (C=O) groups excluding carboxylic acids is 1. The van der Waals surface area contributed by atoms with Crippen LogP contribution >= 0.6 is 0 Å². The van der Waals surface area contributed by atoms with Gasteiger partial charge in [-0.15, -0.1) is 15.3 Å². The number of aromatic hydroxyl groups is 1. The Kier molecular flexibility index (Phi) is 13.2. The molecule has 5 rings (SSSR count). The molecule has 0 aliphatic carbocycles. The van der Waals surface area contributed by atoms with Crippen LogP contribution in [0.25, 0.3) is 17.8 Å². The summed E-state index contributed by atoms with van der Waals surface area (Å²) in [6.45, 7) is 8.28. The van der Waals surface area contributed by atoms with Crippen LogP contribution in [0.5, 0.6) is 11.6 Å². The fraction of sp³-hybridized carbons (Fsp3) is 0.167. The van der Waals surface area contributed by atoms with Crippen molar-refractivity contribution in [3.8, 4) is 11.6 Å². The average molecular weight is 882 g/mol. The van der Waals surface area contributed by atoms with Crippen LogP contribution in [-0.2, 0) is 30.4 Å². The third-order valence-corrected chi connectivity index (χ3v) is 10.9. The zero-order chi connectivity index (χ0) is 44.2. The highest BCUT2D eigenvalue weighted by Gasteiger charge is 2.25. The van der Waals surface area contributed by atoms with E-state index in [9.17, 15) is 44.3 Å². The topological polar surface area (TPSA) is 327 Å². The summed E-state index contributed by atoms with van der Waals surface area (Å²) in [5.74, 6) is -1.99. The predicted molar refractivity (Wildman–Crippen MR) is 218 cm³/mol. The lowest BCUT2D eigenvalue weighted by Gasteiger charge is -2.13. The van der Waals surface area contributed by atoms with Gasteiger partial charge in [0.05, 0.1) is 51.3 Å². The Hall–Kier alpha value is -6.57. The fourth-order valence-electron chi connectivity index (χ4n) is 5.53. The number of nitrogens with zero attached hydrogens (tertiary/aromatic N) is 8. The predicted octanol–water partition coefficient (Wildman–Crippen LogP) is 7.83. The normalized spacial score (nSPS) is 12.8. The minimum Gasteiger partial charge on any atom is -0.493 e. The number of aromatic nitrogens is 2. The van der Waals surface area contributed by atoms with Crippen LogP contribution in [0.2, 0.25) is 0 Å². The first kappa shape index (κ1) is 44.5. The van der Waals surface area contributed by atoms with E-state index in [1.807, 2.05) is 0 Å². The van der Waals surface area contributed by atoms with Gasteiger partial charge in [-0.1, -0.05) is 12.7 Å². The van der Waals surface area contributed by atoms with E-state index < -0.39 is 52.8 Å². The SMILES string of the molecule is C=Cc1nc2c(C(N)=O)c(C)c(N=Nc3cc(C)c(/N=N\c4ccc(/N=N\c5ccc(S(=O)(=O)O)cc5)cc4S(=O)(=O)O)cc3OCCCS(=O)(=O)O)c(O)n2c1/C=C\C. The van der Waals surface area contributed by atoms with E-state index in [0.29, 0.717) is 17.0 Å². The number of aryl methyl sites for hydroxylation is 1. The zero-order valence-electron chi connectivity index (χ0n) is 31.7. The number of imidazole rings is 1. The number of ether oxygens (including phenoxy) is 1. The molecule has 3 aromatic carbocycles. The lowest BCUT2D eigenvalue weighted by molar-refractivity contribution is 0.100. The molecule has 21 nitrogen and oxygen atoms in total. The molecular formula is C36H35N9O12S3. The number of allylic oxidation sites excluding steroid dienone is 1. The van der Waals surface area contributed by atoms with Crippen LogP contribution in [0.4, 0.5) is 34.1 Å². The first-order valence-corrected chi connectivity index (χ1v) is 21.6. The van der Waals surface area contributed by atoms with Gasteiger partial charge in [-0.05, 0) is 99.0 Å². The molecule has 1 amide bonds. The Balaban J connectivity index is 1.55. The third-order valence-electron chi connectivity index (χ3n) is 8.32. The minimum atomic E-state index is -4.92. The molecule has 0 saturated carbocycles. The van der Waals surface area contributed by atoms with Crippen LogP contribution < -0.4 is 10.5 Å². The standard InChI is InChI=1S/C36H35N9O12S3/c1-5-8-29-25(6-2)38-35-32(34(37)46)21(4)33(36(47)45(29)35)44-43-28-17-20(3)27(19-30(28)57-15-7-16-58(48,49)50)42-41-26-14-11-23(18-31(26)60(54,55)56)40-39-22-9-12-24(13-10-22)59(51,52)53/h5-6,8-14,17-19,47H,2,7,15-16H2,1,3-4H3,(H2,37,46)(H,48,49,50)(H,51,52,53)(H,54,55,56)/b8-5-,40-39-,42-41-,44-43?. The summed E-state index contributed by atoms with van der Waals surface area (Å²) in [5, 5.41) is 35.9. The maximum Gasteiger partial charge on any atom is 0.296 e. The molecule has 0 unspecified atom stereocenters. The summed E-state index contributed by atoms with van der Waals surface area (Å²) in [5.41, 5.74) is 6.66. The summed E-state index contributed by atoms with van der Waals surface area (Å²) in [6.07, 6.45) is 4.59. The quantitative estimate of drug-likeness (QED) is 0.0359. The number of benzene rings is 3. The summed E-state index contributed by atoms with van der Waals surface area (Å²) in [6, 6.07) is 10.9. The molecule has 6 N–H and O–H groups in total. The Bertz CT molecular complexity index is 3000. The van der Waals surface area contributed by atoms with E-state index in [-0.39, 0.29) is 74.6 Å². The molecule has 0 atom stereocenters. The van der Waals surface area contributed by atoms with Crippen molar-refractivity contribution in [3.63, 3.8) is 0 Å². The smallest absolute Gasteiger partial charge is 0.296 e. The lowest BCUT2D eigenvalue weighted by Crippen LogP contribution is -2.15. The van der Waals surface area contributed by atoms with Crippen molar-refractivity contribution in [2.24, 2.45) is 36.4 Å². The summed E-state index contributed by atoms with van der Waals surface area (Å²) < 4.78 is 105. The van der Waals surface area contributed by atoms with Crippen molar-refractivity contribution < 1.29 is 53.5 Å². The highest BCUT2D eigenvalue weighted by atomic mass is 32.2. The summed E-state index contributed by atoms with van der Waals surface area (Å²) in [4.78, 5) is 16.0. The number of nitrogens with two attached hydrogens (primary N) is 1. The molecule has 0 fully saturated rings. The van der Waals surface area contributed by atoms with E-state index in [1.165, 1.54) is 53.8 Å². The fourth-order valence-corrected chi connectivity index (χ4v) is 7.13. The number of azo groups is 3. The number of amides is 1. The van der Waals surface area contributed by atoms with Crippen LogP contribution in [-0.4, -0.2) is 71.7 Å². The van der Waals surface area contributed by atoms with Gasteiger partial charge in [-0.25, -0.2) is 4.98 Å². The number of rotatable bonds is 16. The molecular weight excluding hydrogens is 847 g/mol. The van der Waals surface area contributed by atoms with Gasteiger partial charge in [-0.3, -0.25) is 22.9 Å². The van der Waals surface area contributed by atoms with Crippen molar-refractivity contribution >= 4 is 88.2 Å². The number of hydrogen-bond donors (Lipinski definition) is 5. The van der Waals surface area contributed by atoms with E-state index in [2.05, 4.69) is 42.2 Å². The van der Waals surface area contributed by atoms with E-state index in [4.69, 9.17) is 15.0 Å². The van der Waals surface area contributed by atoms with E-state index >= 15 is 0 Å². The third kappa shape index (κ3) is 10.3. The molecule has 0 bridgehead atoms. The number of pyridine rings is 1. The highest BCUT2D eigenvalue weighted by Crippen LogP contribution is 2.41. The summed E-state index contributed by atoms with van der Waals surface area (Å²) in [7, 11) is -13.7. The number of carbonyl (C=O) groups is 1. The number of hydrogen-bond acceptors (Lipinski definition) is 16. The van der Waals surface area contributed by atoms with Crippen LogP contribution in [0.15, 0.2) is 108 Å². The van der Waals surface area contributed by atoms with E-state index in [0.717, 1.165) is 18.2 Å². The zero-order valence-corrected chi connectivity index (χ0v) is 34.1. The second-order valence-corrected chi connectivity index (χ2v) is 17.0. The van der Waals surface area contributed by atoms with Gasteiger partial charge in [-0.2, -0.15) is 40.6 Å². The van der Waals surface area contributed by atoms with Gasteiger partial charge in [0, 0.05) is 6.07 Å². The Morgan fingerprint density at radius 2 is 1.48 bits per heavy atom. The highest BCUT2D eigenvalue weighted by molar-refractivity contribution is 7.86. The molecule has 2 aromatic heterocycles. The molecule has 0 aliphatic rings. The molecule has 0 radical (unpaired) electrons. The van der Waals surface area contributed by atoms with Crippen molar-refractivity contribution in [3.05, 3.63) is 95.3 Å². The van der Waals surface area contributed by atoms with Gasteiger partial charge in [0.25, 0.3) is 36.3 Å². The Labute approximate surface area is 342 Å². The van der Waals surface area contributed by atoms with Crippen molar-refractivity contribution in [1.29, 1.82) is 0 Å². The van der Waals surface area contributed by atoms with Crippen molar-refractivity contribution in [1.82, 2.24) is 9.38 Å². The van der Waals surface area contributed by atoms with Crippen LogP contribution in [0, 0.1) is 13.8 Å². The summed E-state index contributed by atoms with van der Waals surface area (Å²) >= 11 is 0. The molecule has 0 spiro atoms. The number of primary amides is 1. The lowest BCUT2D eigenvalue weighted by atomic mass is 10.1. The number of fused-ring (bicyclic) bond motifs is 1. The molecule has 5 aromatic rings. The Morgan fingerprint density at radius 1 is 0.850 bits per heavy atom. The molecule has 0 saturated heterocycles. The second kappa shape index (κ2) is 17.7. The Morgan fingerprint density at radius 3 is 2.08 bits per heavy atom. The largest absolute Gasteiger partial charge is 0.493 e.